The van der Waals surface area contributed by atoms with E-state index in [1.807, 2.05) is 30.5 Å². The summed E-state index contributed by atoms with van der Waals surface area (Å²) in [5, 5.41) is 8.35. The number of nitrogens with one attached hydrogen (secondary N) is 2. The Morgan fingerprint density at radius 1 is 1.48 bits per heavy atom. The molecule has 1 amide bonds. The van der Waals surface area contributed by atoms with Crippen molar-refractivity contribution in [3.05, 3.63) is 51.6 Å². The maximum atomic E-state index is 11.8. The van der Waals surface area contributed by atoms with Crippen LogP contribution in [-0.4, -0.2) is 24.5 Å². The number of thiazole rings is 1. The molecule has 0 atom stereocenters. The Hall–Kier alpha value is -1.86. The fraction of sp³-hybridized carbons (Fsp3) is 0.250. The third kappa shape index (κ3) is 5.69. The zero-order valence-corrected chi connectivity index (χ0v) is 15.3. The van der Waals surface area contributed by atoms with Crippen LogP contribution in [0.4, 0.5) is 5.13 Å². The molecule has 5 nitrogen and oxygen atoms in total. The summed E-state index contributed by atoms with van der Waals surface area (Å²) in [7, 11) is 1.65. The van der Waals surface area contributed by atoms with E-state index in [9.17, 15) is 4.79 Å². The molecule has 0 spiro atoms. The monoisotopic (exact) mass is 395 g/mol. The van der Waals surface area contributed by atoms with Gasteiger partial charge in [0.05, 0.1) is 11.6 Å². The van der Waals surface area contributed by atoms with E-state index in [1.54, 1.807) is 13.3 Å². The number of benzene rings is 1. The Morgan fingerprint density at radius 2 is 2.30 bits per heavy atom. The van der Waals surface area contributed by atoms with Gasteiger partial charge in [-0.1, -0.05) is 6.07 Å². The van der Waals surface area contributed by atoms with Gasteiger partial charge in [-0.05, 0) is 47.0 Å². The molecule has 2 aromatic rings. The normalized spacial score (nSPS) is 11.2. The molecule has 0 unspecified atom stereocenters. The zero-order valence-electron chi connectivity index (χ0n) is 12.9. The van der Waals surface area contributed by atoms with Crippen molar-refractivity contribution in [1.82, 2.24) is 10.3 Å². The van der Waals surface area contributed by atoms with Crippen LogP contribution < -0.4 is 15.4 Å². The fourth-order valence-electron chi connectivity index (χ4n) is 1.94. The molecule has 0 fully saturated rings. The molecule has 0 aliphatic carbocycles. The third-order valence-electron chi connectivity index (χ3n) is 3.04. The highest BCUT2D eigenvalue weighted by molar-refractivity contribution is 9.10. The lowest BCUT2D eigenvalue weighted by molar-refractivity contribution is -0.112. The number of hydrogen-bond acceptors (Lipinski definition) is 5. The molecule has 1 aromatic carbocycles. The summed E-state index contributed by atoms with van der Waals surface area (Å²) in [5.41, 5.74) is 1.97. The molecule has 2 rings (SSSR count). The van der Waals surface area contributed by atoms with E-state index in [2.05, 4.69) is 31.5 Å². The first kappa shape index (κ1) is 17.5. The Bertz CT molecular complexity index is 687. The van der Waals surface area contributed by atoms with Crippen LogP contribution in [0.15, 0.2) is 46.0 Å². The van der Waals surface area contributed by atoms with E-state index in [4.69, 9.17) is 4.74 Å². The van der Waals surface area contributed by atoms with Crippen molar-refractivity contribution in [2.75, 3.05) is 19.0 Å². The van der Waals surface area contributed by atoms with Crippen molar-refractivity contribution in [2.24, 2.45) is 0 Å². The molecule has 0 bridgehead atoms. The second kappa shape index (κ2) is 8.69. The van der Waals surface area contributed by atoms with Gasteiger partial charge in [0.1, 0.15) is 5.75 Å². The highest BCUT2D eigenvalue weighted by Gasteiger charge is 2.03. The molecule has 7 heteroatoms. The van der Waals surface area contributed by atoms with Gasteiger partial charge >= 0.3 is 0 Å². The van der Waals surface area contributed by atoms with Crippen LogP contribution in [0.3, 0.4) is 0 Å². The summed E-state index contributed by atoms with van der Waals surface area (Å²) in [5.74, 6) is 0.632. The standard InChI is InChI=1S/C16H18BrN3O2S/c1-11(9-15(21)20-16-19-7-8-23-16)18-6-5-12-3-4-13(17)14(10-12)22-2/h3-4,7-10,18H,5-6H2,1-2H3,(H,19,20,21)/b11-9+. The van der Waals surface area contributed by atoms with Crippen LogP contribution in [0.25, 0.3) is 0 Å². The van der Waals surface area contributed by atoms with Gasteiger partial charge < -0.3 is 10.1 Å². The summed E-state index contributed by atoms with van der Waals surface area (Å²) < 4.78 is 6.22. The summed E-state index contributed by atoms with van der Waals surface area (Å²) in [6.07, 6.45) is 4.02. The number of rotatable bonds is 7. The number of ether oxygens (including phenoxy) is 1. The van der Waals surface area contributed by atoms with Gasteiger partial charge in [-0.15, -0.1) is 11.3 Å². The Labute approximate surface area is 147 Å². The van der Waals surface area contributed by atoms with Crippen molar-refractivity contribution in [2.45, 2.75) is 13.3 Å². The summed E-state index contributed by atoms with van der Waals surface area (Å²) in [6, 6.07) is 6.01. The highest BCUT2D eigenvalue weighted by atomic mass is 79.9. The van der Waals surface area contributed by atoms with Crippen LogP contribution >= 0.6 is 27.3 Å². The lowest BCUT2D eigenvalue weighted by atomic mass is 10.1. The van der Waals surface area contributed by atoms with E-state index < -0.39 is 0 Å². The minimum Gasteiger partial charge on any atom is -0.496 e. The van der Waals surface area contributed by atoms with Gasteiger partial charge in [0.25, 0.3) is 5.91 Å². The molecule has 0 saturated carbocycles. The minimum absolute atomic E-state index is 0.185. The third-order valence-corrected chi connectivity index (χ3v) is 4.39. The molecular formula is C16H18BrN3O2S. The molecule has 0 aliphatic heterocycles. The van der Waals surface area contributed by atoms with Crippen molar-refractivity contribution in [3.8, 4) is 5.75 Å². The van der Waals surface area contributed by atoms with Crippen LogP contribution in [-0.2, 0) is 11.2 Å². The van der Waals surface area contributed by atoms with Gasteiger partial charge in [0.2, 0.25) is 0 Å². The molecule has 23 heavy (non-hydrogen) atoms. The van der Waals surface area contributed by atoms with Gasteiger partial charge in [0, 0.05) is 29.9 Å². The number of amides is 1. The van der Waals surface area contributed by atoms with Crippen molar-refractivity contribution >= 4 is 38.3 Å². The first-order valence-electron chi connectivity index (χ1n) is 7.03. The molecule has 0 saturated heterocycles. The molecule has 1 aromatic heterocycles. The topological polar surface area (TPSA) is 63.2 Å². The van der Waals surface area contributed by atoms with Crippen molar-refractivity contribution < 1.29 is 9.53 Å². The lowest BCUT2D eigenvalue weighted by Crippen LogP contribution is -2.18. The number of anilines is 1. The maximum Gasteiger partial charge on any atom is 0.251 e. The molecule has 122 valence electrons. The first-order valence-corrected chi connectivity index (χ1v) is 8.71. The van der Waals surface area contributed by atoms with Crippen LogP contribution in [0.1, 0.15) is 12.5 Å². The quantitative estimate of drug-likeness (QED) is 0.703. The predicted octanol–water partition coefficient (Wildman–Crippen LogP) is 3.59. The zero-order chi connectivity index (χ0) is 16.7. The lowest BCUT2D eigenvalue weighted by Gasteiger charge is -2.09. The molecule has 0 aliphatic rings. The largest absolute Gasteiger partial charge is 0.496 e. The minimum atomic E-state index is -0.185. The van der Waals surface area contributed by atoms with Gasteiger partial charge in [-0.2, -0.15) is 0 Å². The average Bonchev–Trinajstić information content (AvgIpc) is 3.01. The Balaban J connectivity index is 1.81. The second-order valence-electron chi connectivity index (χ2n) is 4.80. The SMILES string of the molecule is COc1cc(CCN/C(C)=C/C(=O)Nc2nccs2)ccc1Br. The van der Waals surface area contributed by atoms with E-state index in [1.165, 1.54) is 17.4 Å². The number of methoxy groups -OCH3 is 1. The van der Waals surface area contributed by atoms with Gasteiger partial charge in [-0.3, -0.25) is 10.1 Å². The van der Waals surface area contributed by atoms with E-state index in [0.717, 1.165) is 34.4 Å². The van der Waals surface area contributed by atoms with Crippen molar-refractivity contribution in [1.29, 1.82) is 0 Å². The van der Waals surface area contributed by atoms with Crippen LogP contribution in [0, 0.1) is 0 Å². The number of carbonyl (C=O) groups excluding carboxylic acids is 1. The number of aromatic nitrogens is 1. The number of halogens is 1. The van der Waals surface area contributed by atoms with E-state index in [-0.39, 0.29) is 5.91 Å². The van der Waals surface area contributed by atoms with Gasteiger partial charge in [0.15, 0.2) is 5.13 Å². The second-order valence-corrected chi connectivity index (χ2v) is 6.55. The van der Waals surface area contributed by atoms with Crippen LogP contribution in [0.2, 0.25) is 0 Å². The Kier molecular flexibility index (Phi) is 6.61. The van der Waals surface area contributed by atoms with Crippen molar-refractivity contribution in [3.63, 3.8) is 0 Å². The van der Waals surface area contributed by atoms with E-state index >= 15 is 0 Å². The maximum absolute atomic E-state index is 11.8. The fourth-order valence-corrected chi connectivity index (χ4v) is 2.88. The Morgan fingerprint density at radius 3 is 3.00 bits per heavy atom. The smallest absolute Gasteiger partial charge is 0.251 e. The molecule has 1 heterocycles. The average molecular weight is 396 g/mol. The highest BCUT2D eigenvalue weighted by Crippen LogP contribution is 2.25. The number of nitrogens with zero attached hydrogens (tertiary/aromatic N) is 1. The molecule has 2 N–H and O–H groups in total. The number of allylic oxidation sites excluding steroid dienone is 1. The van der Waals surface area contributed by atoms with Crippen LogP contribution in [0.5, 0.6) is 5.75 Å². The van der Waals surface area contributed by atoms with Gasteiger partial charge in [-0.25, -0.2) is 4.98 Å². The molecular weight excluding hydrogens is 378 g/mol. The number of carbonyl (C=O) groups is 1. The predicted molar refractivity (Wildman–Crippen MR) is 96.9 cm³/mol. The molecule has 0 radical (unpaired) electrons. The number of hydrogen-bond donors (Lipinski definition) is 2. The van der Waals surface area contributed by atoms with E-state index in [0.29, 0.717) is 5.13 Å². The first-order chi connectivity index (χ1) is 11.1. The summed E-state index contributed by atoms with van der Waals surface area (Å²) >= 11 is 4.82. The summed E-state index contributed by atoms with van der Waals surface area (Å²) in [6.45, 7) is 2.60. The summed E-state index contributed by atoms with van der Waals surface area (Å²) in [4.78, 5) is 15.8.